The van der Waals surface area contributed by atoms with E-state index in [4.69, 9.17) is 0 Å². The quantitative estimate of drug-likeness (QED) is 0.852. The Balaban J connectivity index is 2.07. The molecule has 6 heteroatoms. The molecule has 0 bridgehead atoms. The SMILES string of the molecule is O=C1CS[C@H](c2c(F)cccc2F)N1c1cccnc1. The molecule has 1 aliphatic rings. The fraction of sp³-hybridized carbons (Fsp3) is 0.143. The Labute approximate surface area is 118 Å². The van der Waals surface area contributed by atoms with Gasteiger partial charge in [-0.25, -0.2) is 8.78 Å². The smallest absolute Gasteiger partial charge is 0.238 e. The number of anilines is 1. The van der Waals surface area contributed by atoms with Crippen LogP contribution in [0.3, 0.4) is 0 Å². The first kappa shape index (κ1) is 13.1. The van der Waals surface area contributed by atoms with Crippen molar-refractivity contribution in [1.29, 1.82) is 0 Å². The molecule has 102 valence electrons. The van der Waals surface area contributed by atoms with Gasteiger partial charge in [-0.2, -0.15) is 0 Å². The summed E-state index contributed by atoms with van der Waals surface area (Å²) in [7, 11) is 0. The summed E-state index contributed by atoms with van der Waals surface area (Å²) in [6, 6.07) is 7.08. The molecule has 3 rings (SSSR count). The van der Waals surface area contributed by atoms with E-state index in [2.05, 4.69) is 4.98 Å². The predicted molar refractivity (Wildman–Crippen MR) is 73.3 cm³/mol. The molecule has 0 spiro atoms. The zero-order valence-corrected chi connectivity index (χ0v) is 11.1. The molecule has 0 saturated carbocycles. The summed E-state index contributed by atoms with van der Waals surface area (Å²) in [6.45, 7) is 0. The van der Waals surface area contributed by atoms with Crippen molar-refractivity contribution in [1.82, 2.24) is 4.98 Å². The lowest BCUT2D eigenvalue weighted by atomic mass is 10.1. The average Bonchev–Trinajstić information content (AvgIpc) is 2.81. The molecule has 2 heterocycles. The minimum atomic E-state index is -0.701. The van der Waals surface area contributed by atoms with E-state index < -0.39 is 17.0 Å². The van der Waals surface area contributed by atoms with Crippen molar-refractivity contribution < 1.29 is 13.6 Å². The Morgan fingerprint density at radius 2 is 1.95 bits per heavy atom. The van der Waals surface area contributed by atoms with E-state index in [0.717, 1.165) is 0 Å². The van der Waals surface area contributed by atoms with Crippen LogP contribution < -0.4 is 4.90 Å². The standard InChI is InChI=1S/C14H10F2N2OS/c15-10-4-1-5-11(16)13(10)14-18(12(19)8-20-14)9-3-2-6-17-7-9/h1-7,14H,8H2/t14-/m1/s1. The number of hydrogen-bond acceptors (Lipinski definition) is 3. The molecule has 1 aromatic heterocycles. The number of aromatic nitrogens is 1. The van der Waals surface area contributed by atoms with Gasteiger partial charge in [-0.15, -0.1) is 11.8 Å². The van der Waals surface area contributed by atoms with Crippen molar-refractivity contribution in [3.8, 4) is 0 Å². The summed E-state index contributed by atoms with van der Waals surface area (Å²) >= 11 is 1.20. The Bertz CT molecular complexity index is 631. The first-order chi connectivity index (χ1) is 9.68. The van der Waals surface area contributed by atoms with E-state index in [9.17, 15) is 13.6 Å². The fourth-order valence-electron chi connectivity index (χ4n) is 2.16. The van der Waals surface area contributed by atoms with Crippen LogP contribution in [0.25, 0.3) is 0 Å². The van der Waals surface area contributed by atoms with E-state index >= 15 is 0 Å². The molecule has 2 aromatic rings. The third kappa shape index (κ3) is 2.16. The number of halogens is 2. The van der Waals surface area contributed by atoms with Crippen LogP contribution in [0, 0.1) is 11.6 Å². The summed E-state index contributed by atoms with van der Waals surface area (Å²) in [6.07, 6.45) is 3.09. The number of amides is 1. The monoisotopic (exact) mass is 292 g/mol. The molecule has 0 N–H and O–H groups in total. The minimum Gasteiger partial charge on any atom is -0.293 e. The molecule has 20 heavy (non-hydrogen) atoms. The first-order valence-corrected chi connectivity index (χ1v) is 7.01. The van der Waals surface area contributed by atoms with E-state index in [1.807, 2.05) is 0 Å². The highest BCUT2D eigenvalue weighted by molar-refractivity contribution is 8.00. The third-order valence-electron chi connectivity index (χ3n) is 3.04. The maximum atomic E-state index is 13.9. The minimum absolute atomic E-state index is 0.0906. The van der Waals surface area contributed by atoms with Crippen LogP contribution in [-0.2, 0) is 4.79 Å². The summed E-state index contributed by atoms with van der Waals surface area (Å²) in [4.78, 5) is 17.3. The van der Waals surface area contributed by atoms with Crippen LogP contribution in [0.2, 0.25) is 0 Å². The topological polar surface area (TPSA) is 33.2 Å². The molecule has 0 unspecified atom stereocenters. The molecule has 1 aliphatic heterocycles. The summed E-state index contributed by atoms with van der Waals surface area (Å²) < 4.78 is 27.8. The van der Waals surface area contributed by atoms with Gasteiger partial charge in [0.2, 0.25) is 5.91 Å². The van der Waals surface area contributed by atoms with Crippen molar-refractivity contribution in [2.75, 3.05) is 10.7 Å². The van der Waals surface area contributed by atoms with Crippen molar-refractivity contribution in [3.63, 3.8) is 0 Å². The number of rotatable bonds is 2. The number of benzene rings is 1. The lowest BCUT2D eigenvalue weighted by Gasteiger charge is -2.24. The lowest BCUT2D eigenvalue weighted by Crippen LogP contribution is -2.28. The maximum Gasteiger partial charge on any atom is 0.238 e. The molecule has 1 amide bonds. The van der Waals surface area contributed by atoms with Gasteiger partial charge in [-0.05, 0) is 24.3 Å². The Morgan fingerprint density at radius 3 is 2.60 bits per heavy atom. The summed E-state index contributed by atoms with van der Waals surface area (Å²) in [5.74, 6) is -1.29. The number of pyridine rings is 1. The van der Waals surface area contributed by atoms with Crippen LogP contribution in [0.4, 0.5) is 14.5 Å². The number of nitrogens with zero attached hydrogens (tertiary/aromatic N) is 2. The number of thioether (sulfide) groups is 1. The second-order valence-electron chi connectivity index (χ2n) is 4.27. The van der Waals surface area contributed by atoms with Crippen molar-refractivity contribution in [3.05, 3.63) is 59.9 Å². The van der Waals surface area contributed by atoms with Gasteiger partial charge in [0.1, 0.15) is 17.0 Å². The maximum absolute atomic E-state index is 13.9. The Kier molecular flexibility index (Phi) is 3.40. The normalized spacial score (nSPS) is 18.6. The largest absolute Gasteiger partial charge is 0.293 e. The van der Waals surface area contributed by atoms with Gasteiger partial charge in [0, 0.05) is 6.20 Å². The number of hydrogen-bond donors (Lipinski definition) is 0. The molecule has 0 aliphatic carbocycles. The second-order valence-corrected chi connectivity index (χ2v) is 5.34. The molecular weight excluding hydrogens is 282 g/mol. The Morgan fingerprint density at radius 1 is 1.20 bits per heavy atom. The third-order valence-corrected chi connectivity index (χ3v) is 4.21. The van der Waals surface area contributed by atoms with Crippen molar-refractivity contribution >= 4 is 23.4 Å². The molecule has 1 saturated heterocycles. The molecule has 0 radical (unpaired) electrons. The second kappa shape index (κ2) is 5.20. The molecular formula is C14H10F2N2OS. The van der Waals surface area contributed by atoms with Gasteiger partial charge in [-0.1, -0.05) is 6.07 Å². The molecule has 3 nitrogen and oxygen atoms in total. The van der Waals surface area contributed by atoms with Gasteiger partial charge in [0.05, 0.1) is 23.2 Å². The summed E-state index contributed by atoms with van der Waals surface area (Å²) in [5.41, 5.74) is 0.447. The highest BCUT2D eigenvalue weighted by atomic mass is 32.2. The van der Waals surface area contributed by atoms with Crippen LogP contribution in [-0.4, -0.2) is 16.6 Å². The van der Waals surface area contributed by atoms with Gasteiger partial charge >= 0.3 is 0 Å². The van der Waals surface area contributed by atoms with Crippen molar-refractivity contribution in [2.24, 2.45) is 0 Å². The van der Waals surface area contributed by atoms with E-state index in [-0.39, 0.29) is 17.2 Å². The van der Waals surface area contributed by atoms with Gasteiger partial charge in [-0.3, -0.25) is 14.7 Å². The summed E-state index contributed by atoms with van der Waals surface area (Å²) in [5, 5.41) is -0.701. The molecule has 1 atom stereocenters. The van der Waals surface area contributed by atoms with E-state index in [1.54, 1.807) is 18.3 Å². The zero-order chi connectivity index (χ0) is 14.1. The van der Waals surface area contributed by atoms with Crippen LogP contribution >= 0.6 is 11.8 Å². The van der Waals surface area contributed by atoms with E-state index in [1.165, 1.54) is 41.1 Å². The van der Waals surface area contributed by atoms with Crippen LogP contribution in [0.15, 0.2) is 42.7 Å². The average molecular weight is 292 g/mol. The van der Waals surface area contributed by atoms with Crippen LogP contribution in [0.5, 0.6) is 0 Å². The van der Waals surface area contributed by atoms with E-state index in [0.29, 0.717) is 5.69 Å². The molecule has 1 aromatic carbocycles. The van der Waals surface area contributed by atoms with Gasteiger partial charge < -0.3 is 0 Å². The molecule has 1 fully saturated rings. The zero-order valence-electron chi connectivity index (χ0n) is 10.3. The highest BCUT2D eigenvalue weighted by Gasteiger charge is 2.37. The highest BCUT2D eigenvalue weighted by Crippen LogP contribution is 2.43. The van der Waals surface area contributed by atoms with Crippen LogP contribution in [0.1, 0.15) is 10.9 Å². The Hall–Kier alpha value is -1.95. The number of carbonyl (C=O) groups excluding carboxylic acids is 1. The number of carbonyl (C=O) groups is 1. The lowest BCUT2D eigenvalue weighted by molar-refractivity contribution is -0.115. The first-order valence-electron chi connectivity index (χ1n) is 5.96. The van der Waals surface area contributed by atoms with Gasteiger partial charge in [0.25, 0.3) is 0 Å². The van der Waals surface area contributed by atoms with Gasteiger partial charge in [0.15, 0.2) is 0 Å². The van der Waals surface area contributed by atoms with Crippen molar-refractivity contribution in [2.45, 2.75) is 5.37 Å². The fourth-order valence-corrected chi connectivity index (χ4v) is 3.38. The predicted octanol–water partition coefficient (Wildman–Crippen LogP) is 3.14.